The van der Waals surface area contributed by atoms with Gasteiger partial charge in [-0.05, 0) is 57.8 Å². The van der Waals surface area contributed by atoms with Crippen LogP contribution in [0.2, 0.25) is 0 Å². The van der Waals surface area contributed by atoms with Crippen molar-refractivity contribution in [2.45, 2.75) is 25.8 Å². The summed E-state index contributed by atoms with van der Waals surface area (Å²) in [5.41, 5.74) is 0.488. The zero-order chi connectivity index (χ0) is 15.8. The van der Waals surface area contributed by atoms with Gasteiger partial charge in [-0.2, -0.15) is 0 Å². The highest BCUT2D eigenvalue weighted by Gasteiger charge is 2.25. The minimum Gasteiger partial charge on any atom is -0.481 e. The quantitative estimate of drug-likeness (QED) is 0.709. The predicted molar refractivity (Wildman–Crippen MR) is 87.5 cm³/mol. The zero-order valence-corrected chi connectivity index (χ0v) is 14.6. The maximum Gasteiger partial charge on any atom is 0.305 e. The van der Waals surface area contributed by atoms with E-state index in [1.165, 1.54) is 0 Å². The fraction of sp³-hybridized carbons (Fsp3) is 0.286. The molecule has 1 aromatic carbocycles. The standard InChI is InChI=1S/C14H14Br2N2O3/c1-14(2,5-12(19)20)18-13(21)8-6-17-11-4-10(16)9(15)3-7(8)11/h3-4,6,17H,5H2,1-2H3,(H,18,21)(H,19,20). The molecule has 0 atom stereocenters. The molecule has 3 N–H and O–H groups in total. The number of fused-ring (bicyclic) bond motifs is 1. The van der Waals surface area contributed by atoms with Gasteiger partial charge in [0.1, 0.15) is 0 Å². The van der Waals surface area contributed by atoms with Crippen molar-refractivity contribution in [2.75, 3.05) is 0 Å². The zero-order valence-electron chi connectivity index (χ0n) is 11.5. The van der Waals surface area contributed by atoms with Gasteiger partial charge in [0.15, 0.2) is 0 Å². The molecule has 1 aromatic heterocycles. The van der Waals surface area contributed by atoms with Gasteiger partial charge in [-0.15, -0.1) is 0 Å². The maximum atomic E-state index is 12.4. The van der Waals surface area contributed by atoms with Crippen LogP contribution in [0.5, 0.6) is 0 Å². The minimum atomic E-state index is -0.953. The van der Waals surface area contributed by atoms with Crippen LogP contribution in [0, 0.1) is 0 Å². The van der Waals surface area contributed by atoms with E-state index in [1.54, 1.807) is 20.0 Å². The lowest BCUT2D eigenvalue weighted by molar-refractivity contribution is -0.138. The number of carboxylic acid groups (broad SMARTS) is 1. The molecule has 0 saturated heterocycles. The number of carbonyl (C=O) groups excluding carboxylic acids is 1. The Morgan fingerprint density at radius 2 is 1.90 bits per heavy atom. The van der Waals surface area contributed by atoms with Crippen LogP contribution in [0.15, 0.2) is 27.3 Å². The van der Waals surface area contributed by atoms with Crippen LogP contribution < -0.4 is 5.32 Å². The second kappa shape index (κ2) is 5.81. The molecule has 0 fully saturated rings. The van der Waals surface area contributed by atoms with Gasteiger partial charge in [0.2, 0.25) is 0 Å². The predicted octanol–water partition coefficient (Wildman–Crippen LogP) is 3.68. The van der Waals surface area contributed by atoms with Gasteiger partial charge in [0, 0.05) is 31.6 Å². The van der Waals surface area contributed by atoms with E-state index in [9.17, 15) is 9.59 Å². The number of hydrogen-bond donors (Lipinski definition) is 3. The van der Waals surface area contributed by atoms with Crippen molar-refractivity contribution in [3.8, 4) is 0 Å². The van der Waals surface area contributed by atoms with E-state index in [1.807, 2.05) is 12.1 Å². The van der Waals surface area contributed by atoms with Gasteiger partial charge < -0.3 is 15.4 Å². The Labute approximate surface area is 138 Å². The number of amides is 1. The van der Waals surface area contributed by atoms with Crippen molar-refractivity contribution < 1.29 is 14.7 Å². The molecule has 2 rings (SSSR count). The first-order chi connectivity index (χ1) is 9.69. The third kappa shape index (κ3) is 3.65. The summed E-state index contributed by atoms with van der Waals surface area (Å²) in [7, 11) is 0. The van der Waals surface area contributed by atoms with Gasteiger partial charge in [-0.1, -0.05) is 0 Å². The summed E-state index contributed by atoms with van der Waals surface area (Å²) in [6.07, 6.45) is 1.48. The molecule has 0 aliphatic carbocycles. The molecule has 0 radical (unpaired) electrons. The number of H-pyrrole nitrogens is 1. The van der Waals surface area contributed by atoms with Crippen LogP contribution in [0.3, 0.4) is 0 Å². The number of nitrogens with one attached hydrogen (secondary N) is 2. The largest absolute Gasteiger partial charge is 0.481 e. The van der Waals surface area contributed by atoms with Gasteiger partial charge in [0.05, 0.1) is 12.0 Å². The monoisotopic (exact) mass is 416 g/mol. The summed E-state index contributed by atoms with van der Waals surface area (Å²) >= 11 is 6.81. The molecule has 1 amide bonds. The third-order valence-electron chi connectivity index (χ3n) is 3.01. The van der Waals surface area contributed by atoms with Crippen molar-refractivity contribution >= 4 is 54.6 Å². The van der Waals surface area contributed by atoms with E-state index in [4.69, 9.17) is 5.11 Å². The fourth-order valence-corrected chi connectivity index (χ4v) is 2.79. The summed E-state index contributed by atoms with van der Waals surface area (Å²) in [6, 6.07) is 3.72. The SMILES string of the molecule is CC(C)(CC(=O)O)NC(=O)c1c[nH]c2cc(Br)c(Br)cc12. The van der Waals surface area contributed by atoms with E-state index < -0.39 is 11.5 Å². The molecule has 2 aromatic rings. The average molecular weight is 418 g/mol. The normalized spacial score (nSPS) is 11.6. The first-order valence-electron chi connectivity index (χ1n) is 6.20. The second-order valence-electron chi connectivity index (χ2n) is 5.42. The molecule has 21 heavy (non-hydrogen) atoms. The Balaban J connectivity index is 2.32. The molecular weight excluding hydrogens is 404 g/mol. The van der Waals surface area contributed by atoms with Gasteiger partial charge in [-0.3, -0.25) is 9.59 Å². The van der Waals surface area contributed by atoms with Crippen molar-refractivity contribution in [3.63, 3.8) is 0 Å². The fourth-order valence-electron chi connectivity index (χ4n) is 2.10. The summed E-state index contributed by atoms with van der Waals surface area (Å²) in [5.74, 6) is -1.26. The molecule has 0 aliphatic rings. The van der Waals surface area contributed by atoms with Gasteiger partial charge in [-0.25, -0.2) is 0 Å². The van der Waals surface area contributed by atoms with Crippen LogP contribution in [-0.2, 0) is 4.79 Å². The molecule has 7 heteroatoms. The van der Waals surface area contributed by atoms with E-state index in [2.05, 4.69) is 42.2 Å². The van der Waals surface area contributed by atoms with Crippen LogP contribution >= 0.6 is 31.9 Å². The first-order valence-corrected chi connectivity index (χ1v) is 7.78. The Morgan fingerprint density at radius 3 is 2.52 bits per heavy atom. The van der Waals surface area contributed by atoms with Crippen molar-refractivity contribution in [1.82, 2.24) is 10.3 Å². The maximum absolute atomic E-state index is 12.4. The number of aliphatic carboxylic acids is 1. The van der Waals surface area contributed by atoms with E-state index >= 15 is 0 Å². The van der Waals surface area contributed by atoms with Crippen LogP contribution in [0.1, 0.15) is 30.6 Å². The number of carboxylic acids is 1. The molecule has 1 heterocycles. The van der Waals surface area contributed by atoms with Gasteiger partial charge >= 0.3 is 5.97 Å². The van der Waals surface area contributed by atoms with E-state index in [-0.39, 0.29) is 12.3 Å². The molecule has 0 aliphatic heterocycles. The molecule has 0 bridgehead atoms. The highest BCUT2D eigenvalue weighted by Crippen LogP contribution is 2.30. The highest BCUT2D eigenvalue weighted by atomic mass is 79.9. The number of hydrogen-bond acceptors (Lipinski definition) is 2. The van der Waals surface area contributed by atoms with Crippen LogP contribution in [-0.4, -0.2) is 27.5 Å². The number of rotatable bonds is 4. The van der Waals surface area contributed by atoms with Crippen LogP contribution in [0.4, 0.5) is 0 Å². The Kier molecular flexibility index (Phi) is 4.43. The summed E-state index contributed by atoms with van der Waals surface area (Å²) in [5, 5.41) is 12.4. The molecule has 0 saturated carbocycles. The van der Waals surface area contributed by atoms with Gasteiger partial charge in [0.25, 0.3) is 5.91 Å². The Morgan fingerprint density at radius 1 is 1.29 bits per heavy atom. The number of benzene rings is 1. The number of carbonyl (C=O) groups is 2. The number of aromatic amines is 1. The molecule has 5 nitrogen and oxygen atoms in total. The Bertz CT molecular complexity index is 722. The topological polar surface area (TPSA) is 82.2 Å². The molecule has 0 unspecified atom stereocenters. The third-order valence-corrected chi connectivity index (χ3v) is 4.86. The molecule has 112 valence electrons. The second-order valence-corrected chi connectivity index (χ2v) is 7.13. The smallest absolute Gasteiger partial charge is 0.305 e. The average Bonchev–Trinajstić information content (AvgIpc) is 2.70. The lowest BCUT2D eigenvalue weighted by atomic mass is 10.00. The van der Waals surface area contributed by atoms with E-state index in [0.29, 0.717) is 5.56 Å². The first kappa shape index (κ1) is 16.0. The van der Waals surface area contributed by atoms with Crippen molar-refractivity contribution in [1.29, 1.82) is 0 Å². The molecular formula is C14H14Br2N2O3. The lowest BCUT2D eigenvalue weighted by Crippen LogP contribution is -2.44. The van der Waals surface area contributed by atoms with Crippen LogP contribution in [0.25, 0.3) is 10.9 Å². The Hall–Kier alpha value is -1.34. The summed E-state index contributed by atoms with van der Waals surface area (Å²) in [6.45, 7) is 3.36. The van der Waals surface area contributed by atoms with Crippen molar-refractivity contribution in [3.05, 3.63) is 32.8 Å². The molecule has 0 spiro atoms. The van der Waals surface area contributed by atoms with E-state index in [0.717, 1.165) is 19.8 Å². The lowest BCUT2D eigenvalue weighted by Gasteiger charge is -2.24. The minimum absolute atomic E-state index is 0.143. The highest BCUT2D eigenvalue weighted by molar-refractivity contribution is 9.13. The number of halogens is 2. The summed E-state index contributed by atoms with van der Waals surface area (Å²) < 4.78 is 1.73. The summed E-state index contributed by atoms with van der Waals surface area (Å²) in [4.78, 5) is 26.2. The number of aromatic nitrogens is 1. The van der Waals surface area contributed by atoms with Crippen molar-refractivity contribution in [2.24, 2.45) is 0 Å².